The predicted octanol–water partition coefficient (Wildman–Crippen LogP) is 4.46. The van der Waals surface area contributed by atoms with Crippen LogP contribution in [0.3, 0.4) is 0 Å². The molecule has 0 aliphatic carbocycles. The Bertz CT molecular complexity index is 783. The van der Waals surface area contributed by atoms with Crippen molar-refractivity contribution in [2.75, 3.05) is 6.61 Å². The van der Waals surface area contributed by atoms with Crippen molar-refractivity contribution in [1.29, 1.82) is 0 Å². The van der Waals surface area contributed by atoms with E-state index in [1.54, 1.807) is 32.9 Å². The number of nitrogens with one attached hydrogen (secondary N) is 1. The van der Waals surface area contributed by atoms with E-state index in [0.717, 1.165) is 5.56 Å². The number of ether oxygens (including phenoxy) is 2. The Hall–Kier alpha value is -2.83. The van der Waals surface area contributed by atoms with Gasteiger partial charge >= 0.3 is 12.2 Å². The quantitative estimate of drug-likeness (QED) is 0.616. The SMILES string of the molecule is CC(C)C[C@@H](/C=C/CC(=O)N1C(=O)OC[C@@H]1Cc1ccccc1)NC(=O)OC(C)(C)C. The lowest BCUT2D eigenvalue weighted by molar-refractivity contribution is -0.128. The van der Waals surface area contributed by atoms with Crippen LogP contribution in [0.25, 0.3) is 0 Å². The Kier molecular flexibility index (Phi) is 8.65. The van der Waals surface area contributed by atoms with Crippen molar-refractivity contribution >= 4 is 18.1 Å². The fourth-order valence-corrected chi connectivity index (χ4v) is 3.39. The molecular weight excluding hydrogens is 396 g/mol. The lowest BCUT2D eigenvalue weighted by atomic mass is 10.0. The average Bonchev–Trinajstić information content (AvgIpc) is 3.00. The van der Waals surface area contributed by atoms with Crippen molar-refractivity contribution in [1.82, 2.24) is 10.2 Å². The molecule has 31 heavy (non-hydrogen) atoms. The average molecular weight is 431 g/mol. The van der Waals surface area contributed by atoms with E-state index in [1.807, 2.05) is 30.3 Å². The molecule has 7 heteroatoms. The summed E-state index contributed by atoms with van der Waals surface area (Å²) < 4.78 is 10.4. The first-order valence-electron chi connectivity index (χ1n) is 10.7. The van der Waals surface area contributed by atoms with Gasteiger partial charge in [-0.05, 0) is 45.1 Å². The van der Waals surface area contributed by atoms with Gasteiger partial charge in [0.25, 0.3) is 0 Å². The maximum absolute atomic E-state index is 12.7. The minimum atomic E-state index is -0.607. The lowest BCUT2D eigenvalue weighted by Crippen LogP contribution is -2.40. The minimum absolute atomic E-state index is 0.0466. The second-order valence-electron chi connectivity index (χ2n) is 9.20. The zero-order chi connectivity index (χ0) is 23.0. The molecular formula is C24H34N2O5. The summed E-state index contributed by atoms with van der Waals surface area (Å²) in [5.41, 5.74) is 0.452. The van der Waals surface area contributed by atoms with Crippen LogP contribution >= 0.6 is 0 Å². The van der Waals surface area contributed by atoms with E-state index in [9.17, 15) is 14.4 Å². The highest BCUT2D eigenvalue weighted by Crippen LogP contribution is 2.19. The number of alkyl carbamates (subject to hydrolysis) is 1. The molecule has 1 fully saturated rings. The number of hydrogen-bond acceptors (Lipinski definition) is 5. The van der Waals surface area contributed by atoms with Gasteiger partial charge in [0.2, 0.25) is 5.91 Å². The number of hydrogen-bond donors (Lipinski definition) is 1. The summed E-state index contributed by atoms with van der Waals surface area (Å²) in [6.07, 6.45) is 3.67. The predicted molar refractivity (Wildman–Crippen MR) is 118 cm³/mol. The first kappa shape index (κ1) is 24.4. The molecule has 2 rings (SSSR count). The van der Waals surface area contributed by atoms with Crippen molar-refractivity contribution in [3.8, 4) is 0 Å². The molecule has 0 saturated carbocycles. The largest absolute Gasteiger partial charge is 0.447 e. The molecule has 1 aromatic carbocycles. The number of nitrogens with zero attached hydrogens (tertiary/aromatic N) is 1. The van der Waals surface area contributed by atoms with Crippen LogP contribution in [-0.2, 0) is 20.7 Å². The van der Waals surface area contributed by atoms with Gasteiger partial charge in [0, 0.05) is 6.42 Å². The fourth-order valence-electron chi connectivity index (χ4n) is 3.39. The van der Waals surface area contributed by atoms with Crippen LogP contribution in [0, 0.1) is 5.92 Å². The summed E-state index contributed by atoms with van der Waals surface area (Å²) in [5.74, 6) is 0.0179. The number of carbonyl (C=O) groups excluding carboxylic acids is 3. The summed E-state index contributed by atoms with van der Waals surface area (Å²) in [6, 6.07) is 9.11. The van der Waals surface area contributed by atoms with Gasteiger partial charge in [-0.2, -0.15) is 0 Å². The molecule has 0 aromatic heterocycles. The number of amides is 3. The van der Waals surface area contributed by atoms with Gasteiger partial charge < -0.3 is 14.8 Å². The first-order chi connectivity index (χ1) is 14.5. The Balaban J connectivity index is 1.97. The van der Waals surface area contributed by atoms with Gasteiger partial charge in [0.05, 0.1) is 12.1 Å². The van der Waals surface area contributed by atoms with Crippen molar-refractivity contribution in [2.45, 2.75) is 71.6 Å². The second kappa shape index (κ2) is 11.0. The second-order valence-corrected chi connectivity index (χ2v) is 9.20. The van der Waals surface area contributed by atoms with Crippen LogP contribution in [0.2, 0.25) is 0 Å². The highest BCUT2D eigenvalue weighted by Gasteiger charge is 2.37. The summed E-state index contributed by atoms with van der Waals surface area (Å²) in [4.78, 5) is 38.2. The molecule has 1 N–H and O–H groups in total. The van der Waals surface area contributed by atoms with Gasteiger partial charge in [-0.1, -0.05) is 56.3 Å². The topological polar surface area (TPSA) is 84.9 Å². The third-order valence-electron chi connectivity index (χ3n) is 4.63. The molecule has 0 radical (unpaired) electrons. The van der Waals surface area contributed by atoms with Crippen LogP contribution in [0.5, 0.6) is 0 Å². The molecule has 1 aromatic rings. The first-order valence-corrected chi connectivity index (χ1v) is 10.7. The van der Waals surface area contributed by atoms with E-state index in [4.69, 9.17) is 9.47 Å². The summed E-state index contributed by atoms with van der Waals surface area (Å²) in [5, 5.41) is 2.83. The normalized spacial score (nSPS) is 17.7. The summed E-state index contributed by atoms with van der Waals surface area (Å²) in [6.45, 7) is 9.71. The molecule has 0 spiro atoms. The molecule has 3 amide bonds. The van der Waals surface area contributed by atoms with E-state index in [2.05, 4.69) is 19.2 Å². The molecule has 7 nitrogen and oxygen atoms in total. The zero-order valence-electron chi connectivity index (χ0n) is 19.1. The molecule has 0 unspecified atom stereocenters. The lowest BCUT2D eigenvalue weighted by Gasteiger charge is -2.23. The van der Waals surface area contributed by atoms with E-state index >= 15 is 0 Å². The number of imide groups is 1. The Morgan fingerprint density at radius 2 is 1.94 bits per heavy atom. The van der Waals surface area contributed by atoms with Gasteiger partial charge in [-0.15, -0.1) is 0 Å². The number of benzene rings is 1. The van der Waals surface area contributed by atoms with E-state index in [-0.39, 0.29) is 31.0 Å². The number of carbonyl (C=O) groups is 3. The maximum atomic E-state index is 12.7. The van der Waals surface area contributed by atoms with Gasteiger partial charge in [0.15, 0.2) is 0 Å². The van der Waals surface area contributed by atoms with Crippen LogP contribution < -0.4 is 5.32 Å². The standard InChI is InChI=1S/C24H34N2O5/c1-17(2)14-19(25-22(28)31-24(3,4)5)12-9-13-21(27)26-20(16-30-23(26)29)15-18-10-7-6-8-11-18/h6-12,17,19-20H,13-16H2,1-5H3,(H,25,28)/b12-9+/t19-,20+/m1/s1. The fraction of sp³-hybridized carbons (Fsp3) is 0.542. The van der Waals surface area contributed by atoms with E-state index < -0.39 is 17.8 Å². The zero-order valence-corrected chi connectivity index (χ0v) is 19.1. The van der Waals surface area contributed by atoms with Crippen LogP contribution in [0.1, 0.15) is 53.0 Å². The number of cyclic esters (lactones) is 1. The van der Waals surface area contributed by atoms with Crippen LogP contribution in [0.4, 0.5) is 9.59 Å². The van der Waals surface area contributed by atoms with Crippen molar-refractivity contribution in [2.24, 2.45) is 5.92 Å². The van der Waals surface area contributed by atoms with E-state index in [1.165, 1.54) is 4.90 Å². The van der Waals surface area contributed by atoms with Gasteiger partial charge in [-0.3, -0.25) is 4.79 Å². The summed E-state index contributed by atoms with van der Waals surface area (Å²) in [7, 11) is 0. The van der Waals surface area contributed by atoms with Crippen molar-refractivity contribution in [3.63, 3.8) is 0 Å². The van der Waals surface area contributed by atoms with Crippen molar-refractivity contribution in [3.05, 3.63) is 48.0 Å². The Morgan fingerprint density at radius 1 is 1.26 bits per heavy atom. The molecule has 1 heterocycles. The van der Waals surface area contributed by atoms with Gasteiger partial charge in [0.1, 0.15) is 12.2 Å². The monoisotopic (exact) mass is 430 g/mol. The molecule has 1 saturated heterocycles. The van der Waals surface area contributed by atoms with E-state index in [0.29, 0.717) is 18.8 Å². The third kappa shape index (κ3) is 8.44. The highest BCUT2D eigenvalue weighted by molar-refractivity contribution is 5.94. The van der Waals surface area contributed by atoms with Gasteiger partial charge in [-0.25, -0.2) is 14.5 Å². The highest BCUT2D eigenvalue weighted by atomic mass is 16.6. The molecule has 1 aliphatic rings. The minimum Gasteiger partial charge on any atom is -0.447 e. The number of rotatable bonds is 8. The molecule has 1 aliphatic heterocycles. The Labute approximate surface area is 184 Å². The maximum Gasteiger partial charge on any atom is 0.416 e. The molecule has 170 valence electrons. The third-order valence-corrected chi connectivity index (χ3v) is 4.63. The molecule has 0 bridgehead atoms. The Morgan fingerprint density at radius 3 is 2.55 bits per heavy atom. The summed E-state index contributed by atoms with van der Waals surface area (Å²) >= 11 is 0. The van der Waals surface area contributed by atoms with Crippen LogP contribution in [-0.4, -0.2) is 47.3 Å². The smallest absolute Gasteiger partial charge is 0.416 e. The molecule has 2 atom stereocenters. The van der Waals surface area contributed by atoms with Crippen molar-refractivity contribution < 1.29 is 23.9 Å². The van der Waals surface area contributed by atoms with Crippen LogP contribution in [0.15, 0.2) is 42.5 Å².